The Labute approximate surface area is 171 Å². The Morgan fingerprint density at radius 2 is 1.93 bits per heavy atom. The molecule has 2 aromatic carbocycles. The van der Waals surface area contributed by atoms with Gasteiger partial charge in [-0.2, -0.15) is 0 Å². The number of nitro groups is 1. The molecule has 10 heteroatoms. The van der Waals surface area contributed by atoms with E-state index in [1.807, 2.05) is 4.90 Å². The van der Waals surface area contributed by atoms with E-state index in [9.17, 15) is 19.7 Å². The molecule has 1 saturated heterocycles. The monoisotopic (exact) mass is 419 g/mol. The largest absolute Gasteiger partial charge is 0.465 e. The lowest BCUT2D eigenvalue weighted by atomic mass is 10.1. The van der Waals surface area contributed by atoms with Crippen LogP contribution in [0.3, 0.4) is 0 Å². The Kier molecular flexibility index (Phi) is 6.30. The predicted octanol–water partition coefficient (Wildman–Crippen LogP) is 3.12. The molecule has 2 aromatic rings. The summed E-state index contributed by atoms with van der Waals surface area (Å²) in [5.41, 5.74) is 1.25. The number of nitro benzene ring substituents is 1. The van der Waals surface area contributed by atoms with Gasteiger partial charge in [0.1, 0.15) is 0 Å². The fourth-order valence-electron chi connectivity index (χ4n) is 2.95. The zero-order valence-electron chi connectivity index (χ0n) is 15.5. The molecule has 1 aliphatic rings. The fraction of sp³-hybridized carbons (Fsp3) is 0.263. The van der Waals surface area contributed by atoms with Crippen LogP contribution in [0.1, 0.15) is 20.7 Å². The van der Waals surface area contributed by atoms with Gasteiger partial charge in [-0.1, -0.05) is 11.6 Å². The lowest BCUT2D eigenvalue weighted by molar-refractivity contribution is -0.384. The Morgan fingerprint density at radius 3 is 2.55 bits per heavy atom. The summed E-state index contributed by atoms with van der Waals surface area (Å²) in [6.07, 6.45) is 0. The second-order valence-electron chi connectivity index (χ2n) is 6.20. The number of nitrogens with zero attached hydrogens (tertiary/aromatic N) is 2. The number of hydrogen-bond acceptors (Lipinski definition) is 7. The molecule has 1 N–H and O–H groups in total. The van der Waals surface area contributed by atoms with E-state index in [2.05, 4.69) is 5.32 Å². The number of amides is 1. The van der Waals surface area contributed by atoms with Crippen molar-refractivity contribution in [2.45, 2.75) is 0 Å². The van der Waals surface area contributed by atoms with Crippen molar-refractivity contribution in [1.29, 1.82) is 0 Å². The van der Waals surface area contributed by atoms with Crippen LogP contribution in [-0.2, 0) is 9.47 Å². The molecule has 0 atom stereocenters. The van der Waals surface area contributed by atoms with Crippen LogP contribution in [0, 0.1) is 10.1 Å². The molecule has 0 saturated carbocycles. The Bertz CT molecular complexity index is 959. The Morgan fingerprint density at radius 1 is 1.21 bits per heavy atom. The maximum absolute atomic E-state index is 12.8. The number of carbonyl (C=O) groups excluding carboxylic acids is 2. The highest BCUT2D eigenvalue weighted by Gasteiger charge is 2.21. The van der Waals surface area contributed by atoms with Crippen LogP contribution in [0.5, 0.6) is 0 Å². The predicted molar refractivity (Wildman–Crippen MR) is 107 cm³/mol. The van der Waals surface area contributed by atoms with Gasteiger partial charge in [-0.05, 0) is 24.3 Å². The summed E-state index contributed by atoms with van der Waals surface area (Å²) in [6, 6.07) is 8.47. The number of rotatable bonds is 5. The average Bonchev–Trinajstić information content (AvgIpc) is 2.73. The summed E-state index contributed by atoms with van der Waals surface area (Å²) >= 11 is 6.06. The molecule has 0 radical (unpaired) electrons. The van der Waals surface area contributed by atoms with Gasteiger partial charge in [0.25, 0.3) is 11.6 Å². The van der Waals surface area contributed by atoms with E-state index in [4.69, 9.17) is 21.1 Å². The molecule has 29 heavy (non-hydrogen) atoms. The van der Waals surface area contributed by atoms with Crippen LogP contribution in [0.4, 0.5) is 17.1 Å². The number of morpholine rings is 1. The molecule has 0 bridgehead atoms. The Hall–Kier alpha value is -3.17. The number of esters is 1. The molecular weight excluding hydrogens is 402 g/mol. The molecule has 9 nitrogen and oxygen atoms in total. The molecule has 1 amide bonds. The van der Waals surface area contributed by atoms with E-state index < -0.39 is 16.8 Å². The second-order valence-corrected chi connectivity index (χ2v) is 6.61. The lowest BCUT2D eigenvalue weighted by Gasteiger charge is -2.30. The molecule has 0 unspecified atom stereocenters. The minimum absolute atomic E-state index is 0.0475. The van der Waals surface area contributed by atoms with Crippen molar-refractivity contribution in [2.75, 3.05) is 43.6 Å². The van der Waals surface area contributed by atoms with Crippen LogP contribution in [0.25, 0.3) is 0 Å². The van der Waals surface area contributed by atoms with Crippen molar-refractivity contribution in [2.24, 2.45) is 0 Å². The molecule has 1 aliphatic heterocycles. The van der Waals surface area contributed by atoms with Gasteiger partial charge in [-0.3, -0.25) is 14.9 Å². The highest BCUT2D eigenvalue weighted by Crippen LogP contribution is 2.30. The minimum Gasteiger partial charge on any atom is -0.465 e. The smallest absolute Gasteiger partial charge is 0.337 e. The quantitative estimate of drug-likeness (QED) is 0.450. The third kappa shape index (κ3) is 4.64. The van der Waals surface area contributed by atoms with Crippen molar-refractivity contribution >= 4 is 40.5 Å². The van der Waals surface area contributed by atoms with Crippen LogP contribution in [0.2, 0.25) is 5.02 Å². The maximum Gasteiger partial charge on any atom is 0.337 e. The number of benzene rings is 2. The first-order valence-electron chi connectivity index (χ1n) is 8.71. The minimum atomic E-state index is -0.593. The molecule has 3 rings (SSSR count). The molecule has 0 aromatic heterocycles. The van der Waals surface area contributed by atoms with Gasteiger partial charge in [0.05, 0.1) is 52.8 Å². The normalized spacial score (nSPS) is 13.7. The van der Waals surface area contributed by atoms with Crippen LogP contribution in [0.15, 0.2) is 36.4 Å². The van der Waals surface area contributed by atoms with Crippen LogP contribution >= 0.6 is 11.6 Å². The van der Waals surface area contributed by atoms with Gasteiger partial charge >= 0.3 is 5.97 Å². The number of hydrogen-bond donors (Lipinski definition) is 1. The molecule has 1 fully saturated rings. The second kappa shape index (κ2) is 8.89. The SMILES string of the molecule is COC(=O)c1ccc(N2CCOCC2)c(NC(=O)c2ccc([N+](=O)[O-])cc2Cl)c1. The summed E-state index contributed by atoms with van der Waals surface area (Å²) in [7, 11) is 1.27. The van der Waals surface area contributed by atoms with Crippen molar-refractivity contribution in [3.05, 3.63) is 62.7 Å². The topological polar surface area (TPSA) is 111 Å². The molecule has 0 aliphatic carbocycles. The van der Waals surface area contributed by atoms with Gasteiger partial charge < -0.3 is 19.7 Å². The highest BCUT2D eigenvalue weighted by molar-refractivity contribution is 6.34. The zero-order valence-corrected chi connectivity index (χ0v) is 16.3. The van der Waals surface area contributed by atoms with E-state index in [0.717, 1.165) is 6.07 Å². The number of nitrogens with one attached hydrogen (secondary N) is 1. The third-order valence-corrected chi connectivity index (χ3v) is 4.74. The third-order valence-electron chi connectivity index (χ3n) is 4.43. The average molecular weight is 420 g/mol. The van der Waals surface area contributed by atoms with Crippen LogP contribution in [-0.4, -0.2) is 50.2 Å². The van der Waals surface area contributed by atoms with Crippen molar-refractivity contribution < 1.29 is 24.0 Å². The number of non-ortho nitro benzene ring substituents is 1. The first-order valence-corrected chi connectivity index (χ1v) is 9.09. The maximum atomic E-state index is 12.8. The van der Waals surface area contributed by atoms with Gasteiger partial charge in [0.15, 0.2) is 0 Å². The van der Waals surface area contributed by atoms with Gasteiger partial charge in [0.2, 0.25) is 0 Å². The van der Waals surface area contributed by atoms with Gasteiger partial charge in [0, 0.05) is 25.2 Å². The Balaban J connectivity index is 1.94. The summed E-state index contributed by atoms with van der Waals surface area (Å²) < 4.78 is 10.1. The van der Waals surface area contributed by atoms with Crippen molar-refractivity contribution in [1.82, 2.24) is 0 Å². The summed E-state index contributed by atoms with van der Waals surface area (Å²) in [4.78, 5) is 37.0. The molecule has 0 spiro atoms. The number of methoxy groups -OCH3 is 1. The van der Waals surface area contributed by atoms with E-state index >= 15 is 0 Å². The summed E-state index contributed by atoms with van der Waals surface area (Å²) in [5, 5.41) is 13.6. The van der Waals surface area contributed by atoms with E-state index in [0.29, 0.717) is 37.7 Å². The van der Waals surface area contributed by atoms with E-state index in [1.54, 1.807) is 12.1 Å². The van der Waals surface area contributed by atoms with E-state index in [1.165, 1.54) is 25.3 Å². The molecular formula is C19H18ClN3O6. The highest BCUT2D eigenvalue weighted by atomic mass is 35.5. The fourth-order valence-corrected chi connectivity index (χ4v) is 3.21. The molecule has 1 heterocycles. The zero-order chi connectivity index (χ0) is 21.0. The first kappa shape index (κ1) is 20.6. The lowest BCUT2D eigenvalue weighted by Crippen LogP contribution is -2.36. The number of anilines is 2. The summed E-state index contributed by atoms with van der Waals surface area (Å²) in [6.45, 7) is 2.33. The summed E-state index contributed by atoms with van der Waals surface area (Å²) in [5.74, 6) is -1.09. The van der Waals surface area contributed by atoms with Gasteiger partial charge in [-0.25, -0.2) is 4.79 Å². The van der Waals surface area contributed by atoms with Gasteiger partial charge in [-0.15, -0.1) is 0 Å². The number of halogens is 1. The first-order chi connectivity index (χ1) is 13.9. The number of ether oxygens (including phenoxy) is 2. The van der Waals surface area contributed by atoms with E-state index in [-0.39, 0.29) is 21.8 Å². The number of carbonyl (C=O) groups is 2. The molecule has 152 valence electrons. The van der Waals surface area contributed by atoms with Crippen molar-refractivity contribution in [3.8, 4) is 0 Å². The standard InChI is InChI=1S/C19H18ClN3O6/c1-28-19(25)12-2-5-17(22-6-8-29-9-7-22)16(10-12)21-18(24)14-4-3-13(23(26)27)11-15(14)20/h2-5,10-11H,6-9H2,1H3,(H,21,24). The van der Waals surface area contributed by atoms with Crippen molar-refractivity contribution in [3.63, 3.8) is 0 Å². The van der Waals surface area contributed by atoms with Crippen LogP contribution < -0.4 is 10.2 Å².